The average molecular weight is 542 g/mol. The van der Waals surface area contributed by atoms with Gasteiger partial charge in [0.15, 0.2) is 11.8 Å². The van der Waals surface area contributed by atoms with Gasteiger partial charge in [0.05, 0.1) is 44.2 Å². The Hall–Kier alpha value is -3.09. The van der Waals surface area contributed by atoms with Gasteiger partial charge in [0.2, 0.25) is 0 Å². The topological polar surface area (TPSA) is 132 Å². The number of hydrogen-bond donors (Lipinski definition) is 2. The van der Waals surface area contributed by atoms with E-state index in [-0.39, 0.29) is 30.9 Å². The highest BCUT2D eigenvalue weighted by atomic mass is 35.5. The van der Waals surface area contributed by atoms with Crippen molar-refractivity contribution in [3.8, 4) is 28.5 Å². The Morgan fingerprint density at radius 3 is 2.59 bits per heavy atom. The summed E-state index contributed by atoms with van der Waals surface area (Å²) in [6.07, 6.45) is 1.44. The van der Waals surface area contributed by atoms with Crippen LogP contribution in [0, 0.1) is 0 Å². The number of ether oxygens (including phenoxy) is 3. The Labute approximate surface area is 218 Å². The lowest BCUT2D eigenvalue weighted by atomic mass is 10.1. The molecule has 2 saturated heterocycles. The number of nitrogens with zero attached hydrogens (tertiary/aromatic N) is 4. The summed E-state index contributed by atoms with van der Waals surface area (Å²) in [4.78, 5) is 17.3. The number of fused-ring (bicyclic) bond motifs is 2. The number of hydrogen-bond acceptors (Lipinski definition) is 9. The number of H-pyrrole nitrogens is 1. The van der Waals surface area contributed by atoms with Crippen LogP contribution in [-0.4, -0.2) is 80.2 Å². The standard InChI is InChI=1S/C25H24ClN5O5S/c1-27-37(2,33)15-7-8-17(28-10-15)13-3-5-14(6-4-13)21-16(26)9-18-24(30-21)31-25(29-18)36-20-12-35-22-19(32)11-34-23(20)22/h3-10,19-20,22-23,32H,11-12H2,1-2H3,(H,29,30,31)/t19-,20-,22-,23-,37?/m1/s1. The normalized spacial score (nSPS) is 24.6. The van der Waals surface area contributed by atoms with Crippen LogP contribution in [0.3, 0.4) is 0 Å². The minimum Gasteiger partial charge on any atom is -0.456 e. The lowest BCUT2D eigenvalue weighted by Gasteiger charge is -2.15. The van der Waals surface area contributed by atoms with Crippen molar-refractivity contribution in [3.63, 3.8) is 0 Å². The predicted octanol–water partition coefficient (Wildman–Crippen LogP) is 3.33. The molecule has 0 amide bonds. The first-order chi connectivity index (χ1) is 17.8. The number of nitrogens with one attached hydrogen (secondary N) is 1. The van der Waals surface area contributed by atoms with Crippen molar-refractivity contribution in [3.05, 3.63) is 53.7 Å². The van der Waals surface area contributed by atoms with E-state index >= 15 is 0 Å². The summed E-state index contributed by atoms with van der Waals surface area (Å²) in [5, 5.41) is 10.4. The Balaban J connectivity index is 1.23. The van der Waals surface area contributed by atoms with Gasteiger partial charge in [-0.3, -0.25) is 9.97 Å². The molecule has 192 valence electrons. The van der Waals surface area contributed by atoms with Crippen molar-refractivity contribution in [2.24, 2.45) is 4.36 Å². The highest BCUT2D eigenvalue weighted by Gasteiger charge is 2.48. The van der Waals surface area contributed by atoms with E-state index in [1.807, 2.05) is 30.3 Å². The van der Waals surface area contributed by atoms with Gasteiger partial charge < -0.3 is 19.3 Å². The van der Waals surface area contributed by atoms with Gasteiger partial charge in [0.25, 0.3) is 6.01 Å². The highest BCUT2D eigenvalue weighted by Crippen LogP contribution is 2.33. The van der Waals surface area contributed by atoms with Crippen molar-refractivity contribution < 1.29 is 23.5 Å². The summed E-state index contributed by atoms with van der Waals surface area (Å²) in [6, 6.07) is 13.3. The molecule has 5 heterocycles. The maximum absolute atomic E-state index is 12.4. The monoisotopic (exact) mass is 541 g/mol. The SMILES string of the molecule is CN=S(C)(=O)c1ccc(-c2ccc(-c3nc4[nH]c(O[C@@H]5CO[C@H]6[C@@H]5OC[C@H]6O)nc4cc3Cl)cc2)nc1. The third kappa shape index (κ3) is 4.47. The van der Waals surface area contributed by atoms with Crippen LogP contribution in [0.4, 0.5) is 0 Å². The number of aliphatic hydroxyl groups excluding tert-OH is 1. The molecule has 3 aromatic heterocycles. The van der Waals surface area contributed by atoms with Gasteiger partial charge in [-0.2, -0.15) is 4.98 Å². The second kappa shape index (κ2) is 9.34. The van der Waals surface area contributed by atoms with Crippen LogP contribution in [0.25, 0.3) is 33.7 Å². The fourth-order valence-electron chi connectivity index (χ4n) is 4.52. The second-order valence-electron chi connectivity index (χ2n) is 8.99. The molecule has 0 aliphatic carbocycles. The number of halogens is 1. The van der Waals surface area contributed by atoms with Crippen molar-refractivity contribution in [2.75, 3.05) is 26.5 Å². The number of aromatic amines is 1. The fraction of sp³-hybridized carbons (Fsp3) is 0.320. The number of rotatable bonds is 5. The average Bonchev–Trinajstić information content (AvgIpc) is 3.60. The molecule has 2 N–H and O–H groups in total. The maximum Gasteiger partial charge on any atom is 0.296 e. The smallest absolute Gasteiger partial charge is 0.296 e. The quantitative estimate of drug-likeness (QED) is 0.393. The molecule has 1 unspecified atom stereocenters. The molecule has 1 aromatic carbocycles. The Kier molecular flexibility index (Phi) is 6.12. The fourth-order valence-corrected chi connectivity index (χ4v) is 5.56. The van der Waals surface area contributed by atoms with Crippen LogP contribution < -0.4 is 4.74 Å². The van der Waals surface area contributed by atoms with Crippen LogP contribution in [0.5, 0.6) is 6.01 Å². The van der Waals surface area contributed by atoms with E-state index in [9.17, 15) is 9.32 Å². The van der Waals surface area contributed by atoms with Gasteiger partial charge in [0.1, 0.15) is 23.8 Å². The zero-order valence-corrected chi connectivity index (χ0v) is 21.6. The molecule has 12 heteroatoms. The van der Waals surface area contributed by atoms with Crippen molar-refractivity contribution in [1.29, 1.82) is 0 Å². The number of aliphatic hydroxyl groups is 1. The predicted molar refractivity (Wildman–Crippen MR) is 138 cm³/mol. The third-order valence-electron chi connectivity index (χ3n) is 6.62. The Bertz CT molecular complexity index is 1580. The first-order valence-electron chi connectivity index (χ1n) is 11.6. The van der Waals surface area contributed by atoms with Crippen LogP contribution in [0.1, 0.15) is 0 Å². The molecule has 0 radical (unpaired) electrons. The zero-order valence-electron chi connectivity index (χ0n) is 20.0. The highest BCUT2D eigenvalue weighted by molar-refractivity contribution is 7.93. The summed E-state index contributed by atoms with van der Waals surface area (Å²) < 4.78 is 33.5. The lowest BCUT2D eigenvalue weighted by molar-refractivity contribution is 0.00706. The molecule has 6 rings (SSSR count). The van der Waals surface area contributed by atoms with Crippen LogP contribution in [-0.2, 0) is 19.2 Å². The van der Waals surface area contributed by atoms with Gasteiger partial charge in [-0.05, 0) is 18.2 Å². The zero-order chi connectivity index (χ0) is 25.7. The lowest BCUT2D eigenvalue weighted by Crippen LogP contribution is -2.34. The van der Waals surface area contributed by atoms with E-state index in [0.717, 1.165) is 16.8 Å². The van der Waals surface area contributed by atoms with E-state index in [4.69, 9.17) is 25.8 Å². The van der Waals surface area contributed by atoms with Gasteiger partial charge in [-0.25, -0.2) is 13.6 Å². The number of benzene rings is 1. The molecule has 2 aliphatic heterocycles. The molecule has 0 bridgehead atoms. The Morgan fingerprint density at radius 1 is 1.11 bits per heavy atom. The summed E-state index contributed by atoms with van der Waals surface area (Å²) in [6.45, 7) is 0.531. The van der Waals surface area contributed by atoms with Crippen molar-refractivity contribution in [2.45, 2.75) is 29.3 Å². The minimum absolute atomic E-state index is 0.228. The number of pyridine rings is 2. The van der Waals surface area contributed by atoms with Gasteiger partial charge >= 0.3 is 0 Å². The number of aromatic nitrogens is 4. The van der Waals surface area contributed by atoms with E-state index in [0.29, 0.717) is 33.4 Å². The molecule has 4 aromatic rings. The van der Waals surface area contributed by atoms with E-state index in [1.54, 1.807) is 31.6 Å². The molecule has 37 heavy (non-hydrogen) atoms. The Morgan fingerprint density at radius 2 is 1.86 bits per heavy atom. The van der Waals surface area contributed by atoms with E-state index < -0.39 is 15.8 Å². The van der Waals surface area contributed by atoms with Gasteiger partial charge in [-0.15, -0.1) is 0 Å². The van der Waals surface area contributed by atoms with E-state index in [1.165, 1.54) is 0 Å². The molecule has 2 aliphatic rings. The third-order valence-corrected chi connectivity index (χ3v) is 8.73. The first kappa shape index (κ1) is 24.3. The molecule has 5 atom stereocenters. The molecular weight excluding hydrogens is 518 g/mol. The van der Waals surface area contributed by atoms with Gasteiger partial charge in [0, 0.05) is 30.6 Å². The second-order valence-corrected chi connectivity index (χ2v) is 11.8. The minimum atomic E-state index is -2.42. The van der Waals surface area contributed by atoms with E-state index in [2.05, 4.69) is 24.3 Å². The molecule has 10 nitrogen and oxygen atoms in total. The largest absolute Gasteiger partial charge is 0.456 e. The number of imidazole rings is 1. The summed E-state index contributed by atoms with van der Waals surface area (Å²) >= 11 is 6.56. The van der Waals surface area contributed by atoms with Gasteiger partial charge in [-0.1, -0.05) is 35.9 Å². The molecular formula is C25H24ClN5O5S. The summed E-state index contributed by atoms with van der Waals surface area (Å²) in [5.74, 6) is 0. The van der Waals surface area contributed by atoms with Crippen molar-refractivity contribution >= 4 is 32.5 Å². The van der Waals surface area contributed by atoms with Crippen LogP contribution in [0.2, 0.25) is 5.02 Å². The van der Waals surface area contributed by atoms with Crippen LogP contribution >= 0.6 is 11.6 Å². The maximum atomic E-state index is 12.4. The van der Waals surface area contributed by atoms with Crippen molar-refractivity contribution in [1.82, 2.24) is 19.9 Å². The first-order valence-corrected chi connectivity index (χ1v) is 13.9. The molecule has 2 fully saturated rings. The molecule has 0 saturated carbocycles. The molecule has 0 spiro atoms. The van der Waals surface area contributed by atoms with Crippen LogP contribution in [0.15, 0.2) is 57.9 Å². The summed E-state index contributed by atoms with van der Waals surface area (Å²) in [7, 11) is -0.884. The summed E-state index contributed by atoms with van der Waals surface area (Å²) in [5.41, 5.74) is 4.18.